The maximum Gasteiger partial charge on any atom is 0.416 e. The minimum atomic E-state index is -4.45. The fourth-order valence-corrected chi connectivity index (χ4v) is 1.33. The lowest BCUT2D eigenvalue weighted by atomic mass is 10.1. The lowest BCUT2D eigenvalue weighted by Gasteiger charge is -2.12. The molecule has 4 nitrogen and oxygen atoms in total. The highest BCUT2D eigenvalue weighted by Gasteiger charge is 2.30. The summed E-state index contributed by atoms with van der Waals surface area (Å²) in [6.45, 7) is 1.41. The van der Waals surface area contributed by atoms with Gasteiger partial charge >= 0.3 is 12.1 Å². The summed E-state index contributed by atoms with van der Waals surface area (Å²) in [6, 6.07) is 2.82. The summed E-state index contributed by atoms with van der Waals surface area (Å²) < 4.78 is 41.4. The molecule has 0 aliphatic heterocycles. The number of alkyl halides is 3. The van der Waals surface area contributed by atoms with E-state index in [2.05, 4.69) is 10.1 Å². The Morgan fingerprint density at radius 1 is 1.21 bits per heavy atom. The largest absolute Gasteiger partial charge is 0.467 e. The normalized spacial score (nSPS) is 12.7. The molecule has 0 aromatic heterocycles. The average Bonchev–Trinajstić information content (AvgIpc) is 2.36. The van der Waals surface area contributed by atoms with Crippen molar-refractivity contribution in [3.63, 3.8) is 0 Å². The number of amides is 1. The SMILES string of the molecule is COC(=O)[C@H](C)NC(=O)c1ccc(C(F)(F)F)cc1. The Labute approximate surface area is 107 Å². The lowest BCUT2D eigenvalue weighted by Crippen LogP contribution is -2.39. The number of carbonyl (C=O) groups excluding carboxylic acids is 2. The predicted molar refractivity (Wildman–Crippen MR) is 60.4 cm³/mol. The Morgan fingerprint density at radius 2 is 1.74 bits per heavy atom. The first-order chi connectivity index (χ1) is 8.75. The molecule has 0 aliphatic rings. The van der Waals surface area contributed by atoms with Gasteiger partial charge in [0.15, 0.2) is 0 Å². The van der Waals surface area contributed by atoms with E-state index in [-0.39, 0.29) is 5.56 Å². The van der Waals surface area contributed by atoms with Gasteiger partial charge in [-0.2, -0.15) is 13.2 Å². The molecule has 1 aromatic carbocycles. The maximum absolute atomic E-state index is 12.3. The first-order valence-electron chi connectivity index (χ1n) is 5.31. The van der Waals surface area contributed by atoms with Crippen molar-refractivity contribution in [2.45, 2.75) is 19.1 Å². The van der Waals surface area contributed by atoms with Gasteiger partial charge in [-0.05, 0) is 31.2 Å². The quantitative estimate of drug-likeness (QED) is 0.858. The number of benzene rings is 1. The third kappa shape index (κ3) is 3.97. The molecule has 0 fully saturated rings. The average molecular weight is 275 g/mol. The molecule has 0 bridgehead atoms. The second kappa shape index (κ2) is 5.73. The van der Waals surface area contributed by atoms with Gasteiger partial charge in [-0.1, -0.05) is 0 Å². The molecule has 0 saturated carbocycles. The zero-order valence-electron chi connectivity index (χ0n) is 10.2. The van der Waals surface area contributed by atoms with Crippen molar-refractivity contribution < 1.29 is 27.5 Å². The number of methoxy groups -OCH3 is 1. The number of ether oxygens (including phenoxy) is 1. The van der Waals surface area contributed by atoms with Crippen molar-refractivity contribution in [2.24, 2.45) is 0 Å². The highest BCUT2D eigenvalue weighted by Crippen LogP contribution is 2.29. The summed E-state index contributed by atoms with van der Waals surface area (Å²) in [5.74, 6) is -1.29. The molecule has 19 heavy (non-hydrogen) atoms. The van der Waals surface area contributed by atoms with Gasteiger partial charge in [0.25, 0.3) is 5.91 Å². The van der Waals surface area contributed by atoms with Crippen LogP contribution in [0.2, 0.25) is 0 Å². The monoisotopic (exact) mass is 275 g/mol. The van der Waals surface area contributed by atoms with Gasteiger partial charge in [-0.3, -0.25) is 4.79 Å². The summed E-state index contributed by atoms with van der Waals surface area (Å²) in [7, 11) is 1.17. The molecule has 1 aromatic rings. The van der Waals surface area contributed by atoms with Crippen molar-refractivity contribution in [1.29, 1.82) is 0 Å². The van der Waals surface area contributed by atoms with Crippen LogP contribution in [0.3, 0.4) is 0 Å². The zero-order chi connectivity index (χ0) is 14.6. The first kappa shape index (κ1) is 15.0. The molecular formula is C12H12F3NO3. The Kier molecular flexibility index (Phi) is 4.52. The summed E-state index contributed by atoms with van der Waals surface area (Å²) in [5, 5.41) is 2.31. The van der Waals surface area contributed by atoms with E-state index in [0.29, 0.717) is 0 Å². The molecule has 104 valence electrons. The third-order valence-corrected chi connectivity index (χ3v) is 2.38. The molecule has 0 spiro atoms. The van der Waals surface area contributed by atoms with E-state index in [0.717, 1.165) is 24.3 Å². The maximum atomic E-state index is 12.3. The van der Waals surface area contributed by atoms with Gasteiger partial charge in [0, 0.05) is 5.56 Å². The standard InChI is InChI=1S/C12H12F3NO3/c1-7(11(18)19-2)16-10(17)8-3-5-9(6-4-8)12(13,14)15/h3-7H,1-2H3,(H,16,17)/t7-/m0/s1. The predicted octanol–water partition coefficient (Wildman–Crippen LogP) is 2.00. The Morgan fingerprint density at radius 3 is 2.16 bits per heavy atom. The van der Waals surface area contributed by atoms with Crippen molar-refractivity contribution in [3.8, 4) is 0 Å². The van der Waals surface area contributed by atoms with E-state index in [9.17, 15) is 22.8 Å². The van der Waals surface area contributed by atoms with Crippen LogP contribution in [-0.2, 0) is 15.7 Å². The summed E-state index contributed by atoms with van der Waals surface area (Å²) in [6.07, 6.45) is -4.45. The molecule has 0 radical (unpaired) electrons. The highest BCUT2D eigenvalue weighted by atomic mass is 19.4. The number of halogens is 3. The van der Waals surface area contributed by atoms with Crippen LogP contribution in [-0.4, -0.2) is 25.0 Å². The van der Waals surface area contributed by atoms with Gasteiger partial charge < -0.3 is 10.1 Å². The van der Waals surface area contributed by atoms with Gasteiger partial charge in [-0.25, -0.2) is 4.79 Å². The van der Waals surface area contributed by atoms with Crippen LogP contribution < -0.4 is 5.32 Å². The topological polar surface area (TPSA) is 55.4 Å². The smallest absolute Gasteiger partial charge is 0.416 e. The molecule has 1 N–H and O–H groups in total. The van der Waals surface area contributed by atoms with Crippen LogP contribution in [0.5, 0.6) is 0 Å². The van der Waals surface area contributed by atoms with Crippen molar-refractivity contribution in [2.75, 3.05) is 7.11 Å². The molecule has 0 heterocycles. The van der Waals surface area contributed by atoms with Gasteiger partial charge in [0.2, 0.25) is 0 Å². The summed E-state index contributed by atoms with van der Waals surface area (Å²) in [4.78, 5) is 22.7. The Balaban J connectivity index is 2.76. The van der Waals surface area contributed by atoms with Crippen LogP contribution in [0.25, 0.3) is 0 Å². The second-order valence-electron chi connectivity index (χ2n) is 3.79. The van der Waals surface area contributed by atoms with Crippen molar-refractivity contribution >= 4 is 11.9 Å². The van der Waals surface area contributed by atoms with E-state index in [4.69, 9.17) is 0 Å². The second-order valence-corrected chi connectivity index (χ2v) is 3.79. The van der Waals surface area contributed by atoms with Crippen LogP contribution in [0, 0.1) is 0 Å². The number of nitrogens with one attached hydrogen (secondary N) is 1. The Hall–Kier alpha value is -2.05. The van der Waals surface area contributed by atoms with Gasteiger partial charge in [-0.15, -0.1) is 0 Å². The zero-order valence-corrected chi connectivity index (χ0v) is 10.2. The fraction of sp³-hybridized carbons (Fsp3) is 0.333. The molecule has 0 saturated heterocycles. The lowest BCUT2D eigenvalue weighted by molar-refractivity contribution is -0.142. The fourth-order valence-electron chi connectivity index (χ4n) is 1.33. The minimum absolute atomic E-state index is 0.0313. The molecule has 0 aliphatic carbocycles. The molecule has 1 atom stereocenters. The van der Waals surface area contributed by atoms with Crippen LogP contribution in [0.4, 0.5) is 13.2 Å². The Bertz CT molecular complexity index is 468. The third-order valence-electron chi connectivity index (χ3n) is 2.38. The summed E-state index contributed by atoms with van der Waals surface area (Å²) >= 11 is 0. The van der Waals surface area contributed by atoms with Gasteiger partial charge in [0.1, 0.15) is 6.04 Å². The van der Waals surface area contributed by atoms with E-state index in [1.54, 1.807) is 0 Å². The molecule has 0 unspecified atom stereocenters. The van der Waals surface area contributed by atoms with Crippen LogP contribution in [0.15, 0.2) is 24.3 Å². The molecule has 7 heteroatoms. The number of hydrogen-bond acceptors (Lipinski definition) is 3. The highest BCUT2D eigenvalue weighted by molar-refractivity contribution is 5.96. The molecule has 1 amide bonds. The molecular weight excluding hydrogens is 263 g/mol. The molecule has 1 rings (SSSR count). The number of hydrogen-bond donors (Lipinski definition) is 1. The van der Waals surface area contributed by atoms with Crippen molar-refractivity contribution in [1.82, 2.24) is 5.32 Å². The van der Waals surface area contributed by atoms with Crippen LogP contribution >= 0.6 is 0 Å². The van der Waals surface area contributed by atoms with E-state index < -0.39 is 29.7 Å². The van der Waals surface area contributed by atoms with E-state index in [1.165, 1.54) is 14.0 Å². The van der Waals surface area contributed by atoms with Gasteiger partial charge in [0.05, 0.1) is 12.7 Å². The van der Waals surface area contributed by atoms with E-state index in [1.807, 2.05) is 0 Å². The summed E-state index contributed by atoms with van der Waals surface area (Å²) in [5.41, 5.74) is -0.811. The number of rotatable bonds is 3. The van der Waals surface area contributed by atoms with Crippen LogP contribution in [0.1, 0.15) is 22.8 Å². The van der Waals surface area contributed by atoms with Crippen molar-refractivity contribution in [3.05, 3.63) is 35.4 Å². The van der Waals surface area contributed by atoms with E-state index >= 15 is 0 Å². The number of carbonyl (C=O) groups is 2. The number of esters is 1. The first-order valence-corrected chi connectivity index (χ1v) is 5.31. The minimum Gasteiger partial charge on any atom is -0.467 e.